The van der Waals surface area contributed by atoms with E-state index in [1.165, 1.54) is 13.2 Å². The maximum Gasteiger partial charge on any atom is 0.416 e. The van der Waals surface area contributed by atoms with Gasteiger partial charge < -0.3 is 4.74 Å². The number of alkyl halides is 3. The number of fused-ring (bicyclic) bond motifs is 1. The van der Waals surface area contributed by atoms with Gasteiger partial charge in [0.25, 0.3) is 11.8 Å². The standard InChI is InChI=1S/C23H14ClF3N2O4/c1-33-19-9-6-12(14-4-2-3-5-15(14)19)10-16-20(30)28-22(32)29(21(16)31)18-11-13(23(25,26)27)7-8-17(18)24/h2-11H,1H3,(H,28,30,32)/b16-10+. The molecular formula is C23H14ClF3N2O4. The van der Waals surface area contributed by atoms with E-state index in [4.69, 9.17) is 16.3 Å². The van der Waals surface area contributed by atoms with Crippen LogP contribution in [0.4, 0.5) is 23.7 Å². The summed E-state index contributed by atoms with van der Waals surface area (Å²) in [4.78, 5) is 38.4. The molecule has 4 amide bonds. The average Bonchev–Trinajstić information content (AvgIpc) is 2.77. The predicted octanol–water partition coefficient (Wildman–Crippen LogP) is 5.19. The third-order valence-electron chi connectivity index (χ3n) is 5.05. The van der Waals surface area contributed by atoms with E-state index < -0.39 is 40.8 Å². The van der Waals surface area contributed by atoms with Crippen molar-refractivity contribution in [1.29, 1.82) is 0 Å². The van der Waals surface area contributed by atoms with Crippen molar-refractivity contribution >= 4 is 52.0 Å². The lowest BCUT2D eigenvalue weighted by Gasteiger charge is -2.27. The highest BCUT2D eigenvalue weighted by molar-refractivity contribution is 6.42. The van der Waals surface area contributed by atoms with E-state index in [2.05, 4.69) is 0 Å². The fourth-order valence-electron chi connectivity index (χ4n) is 3.49. The zero-order valence-corrected chi connectivity index (χ0v) is 17.6. The Bertz CT molecular complexity index is 1350. The molecule has 1 N–H and O–H groups in total. The van der Waals surface area contributed by atoms with Crippen LogP contribution in [0.3, 0.4) is 0 Å². The number of carbonyl (C=O) groups excluding carboxylic acids is 3. The molecule has 0 aromatic heterocycles. The molecular weight excluding hydrogens is 461 g/mol. The summed E-state index contributed by atoms with van der Waals surface area (Å²) in [5.41, 5.74) is -1.58. The monoisotopic (exact) mass is 474 g/mol. The maximum absolute atomic E-state index is 13.2. The predicted molar refractivity (Wildman–Crippen MR) is 116 cm³/mol. The Morgan fingerprint density at radius 1 is 1.00 bits per heavy atom. The van der Waals surface area contributed by atoms with Crippen molar-refractivity contribution in [2.45, 2.75) is 6.18 Å². The second-order valence-electron chi connectivity index (χ2n) is 7.02. The highest BCUT2D eigenvalue weighted by atomic mass is 35.5. The lowest BCUT2D eigenvalue weighted by molar-refractivity contribution is -0.137. The van der Waals surface area contributed by atoms with Gasteiger partial charge in [0.1, 0.15) is 11.3 Å². The van der Waals surface area contributed by atoms with Crippen LogP contribution >= 0.6 is 11.6 Å². The molecule has 0 aliphatic carbocycles. The van der Waals surface area contributed by atoms with Crippen LogP contribution in [0.1, 0.15) is 11.1 Å². The Hall–Kier alpha value is -3.85. The molecule has 0 unspecified atom stereocenters. The van der Waals surface area contributed by atoms with Crippen molar-refractivity contribution in [3.63, 3.8) is 0 Å². The Kier molecular flexibility index (Phi) is 5.59. The third-order valence-corrected chi connectivity index (χ3v) is 5.37. The van der Waals surface area contributed by atoms with Gasteiger partial charge in [0.05, 0.1) is 23.4 Å². The Balaban J connectivity index is 1.84. The van der Waals surface area contributed by atoms with E-state index in [1.807, 2.05) is 5.32 Å². The minimum Gasteiger partial charge on any atom is -0.496 e. The van der Waals surface area contributed by atoms with Gasteiger partial charge in [0.2, 0.25) is 0 Å². The second kappa shape index (κ2) is 8.25. The smallest absolute Gasteiger partial charge is 0.416 e. The molecule has 168 valence electrons. The first-order chi connectivity index (χ1) is 15.6. The van der Waals surface area contributed by atoms with Crippen LogP contribution in [-0.4, -0.2) is 25.0 Å². The molecule has 1 aliphatic rings. The molecule has 0 saturated carbocycles. The van der Waals surface area contributed by atoms with E-state index in [-0.39, 0.29) is 5.02 Å². The van der Waals surface area contributed by atoms with E-state index in [1.54, 1.807) is 36.4 Å². The third kappa shape index (κ3) is 4.03. The number of nitrogens with zero attached hydrogens (tertiary/aromatic N) is 1. The number of nitrogens with one attached hydrogen (secondary N) is 1. The minimum absolute atomic E-state index is 0.268. The lowest BCUT2D eigenvalue weighted by atomic mass is 10.00. The highest BCUT2D eigenvalue weighted by Gasteiger charge is 2.39. The summed E-state index contributed by atoms with van der Waals surface area (Å²) in [5.74, 6) is -1.52. The van der Waals surface area contributed by atoms with Crippen LogP contribution in [0, 0.1) is 0 Å². The number of hydrogen-bond donors (Lipinski definition) is 1. The highest BCUT2D eigenvalue weighted by Crippen LogP contribution is 2.37. The molecule has 6 nitrogen and oxygen atoms in total. The number of halogens is 4. The Morgan fingerprint density at radius 2 is 1.70 bits per heavy atom. The SMILES string of the molecule is COc1ccc(/C=C2\C(=O)NC(=O)N(c3cc(C(F)(F)F)ccc3Cl)C2=O)c2ccccc12. The molecule has 3 aromatic carbocycles. The summed E-state index contributed by atoms with van der Waals surface area (Å²) in [7, 11) is 1.50. The first kappa shape index (κ1) is 22.3. The van der Waals surface area contributed by atoms with Crippen LogP contribution in [0.15, 0.2) is 60.2 Å². The number of imide groups is 2. The summed E-state index contributed by atoms with van der Waals surface area (Å²) in [6, 6.07) is 11.4. The summed E-state index contributed by atoms with van der Waals surface area (Å²) in [6.45, 7) is 0. The summed E-state index contributed by atoms with van der Waals surface area (Å²) >= 11 is 6.01. The summed E-state index contributed by atoms with van der Waals surface area (Å²) in [5, 5.41) is 3.08. The molecule has 1 aliphatic heterocycles. The molecule has 3 aromatic rings. The quantitative estimate of drug-likeness (QED) is 0.419. The largest absolute Gasteiger partial charge is 0.496 e. The first-order valence-electron chi connectivity index (χ1n) is 9.45. The van der Waals surface area contributed by atoms with Crippen LogP contribution in [0.5, 0.6) is 5.75 Å². The van der Waals surface area contributed by atoms with E-state index in [0.29, 0.717) is 33.1 Å². The molecule has 1 fully saturated rings. The van der Waals surface area contributed by atoms with Crippen molar-refractivity contribution in [3.05, 3.63) is 76.3 Å². The number of anilines is 1. The van der Waals surface area contributed by atoms with Crippen LogP contribution < -0.4 is 15.0 Å². The van der Waals surface area contributed by atoms with Crippen molar-refractivity contribution in [2.24, 2.45) is 0 Å². The lowest BCUT2D eigenvalue weighted by Crippen LogP contribution is -2.54. The molecule has 10 heteroatoms. The minimum atomic E-state index is -4.73. The van der Waals surface area contributed by atoms with Gasteiger partial charge in [-0.25, -0.2) is 9.69 Å². The number of amides is 4. The number of benzene rings is 3. The number of barbiturate groups is 1. The topological polar surface area (TPSA) is 75.7 Å². The maximum atomic E-state index is 13.2. The molecule has 0 radical (unpaired) electrons. The van der Waals surface area contributed by atoms with Gasteiger partial charge in [-0.1, -0.05) is 41.9 Å². The fourth-order valence-corrected chi connectivity index (χ4v) is 3.69. The van der Waals surface area contributed by atoms with Gasteiger partial charge in [-0.15, -0.1) is 0 Å². The average molecular weight is 475 g/mol. The number of ether oxygens (including phenoxy) is 1. The van der Waals surface area contributed by atoms with Crippen LogP contribution in [0.25, 0.3) is 16.8 Å². The van der Waals surface area contributed by atoms with E-state index in [9.17, 15) is 27.6 Å². The van der Waals surface area contributed by atoms with E-state index >= 15 is 0 Å². The van der Waals surface area contributed by atoms with Crippen molar-refractivity contribution < 1.29 is 32.3 Å². The zero-order chi connectivity index (χ0) is 23.9. The van der Waals surface area contributed by atoms with Crippen LogP contribution in [-0.2, 0) is 15.8 Å². The van der Waals surface area contributed by atoms with Gasteiger partial charge in [0.15, 0.2) is 0 Å². The summed E-state index contributed by atoms with van der Waals surface area (Å²) in [6.07, 6.45) is -3.47. The van der Waals surface area contributed by atoms with Crippen molar-refractivity contribution in [2.75, 3.05) is 12.0 Å². The molecule has 4 rings (SSSR count). The molecule has 33 heavy (non-hydrogen) atoms. The zero-order valence-electron chi connectivity index (χ0n) is 16.9. The number of hydrogen-bond acceptors (Lipinski definition) is 4. The van der Waals surface area contributed by atoms with Gasteiger partial charge in [-0.3, -0.25) is 14.9 Å². The van der Waals surface area contributed by atoms with Gasteiger partial charge in [0, 0.05) is 5.39 Å². The number of carbonyl (C=O) groups is 3. The Labute approximate surface area is 190 Å². The van der Waals surface area contributed by atoms with Gasteiger partial charge in [-0.2, -0.15) is 13.2 Å². The molecule has 0 spiro atoms. The number of rotatable bonds is 3. The fraction of sp³-hybridized carbons (Fsp3) is 0.0870. The molecule has 0 bridgehead atoms. The van der Waals surface area contributed by atoms with Crippen LogP contribution in [0.2, 0.25) is 5.02 Å². The van der Waals surface area contributed by atoms with Crippen molar-refractivity contribution in [1.82, 2.24) is 5.32 Å². The van der Waals surface area contributed by atoms with Gasteiger partial charge >= 0.3 is 12.2 Å². The number of urea groups is 1. The number of methoxy groups -OCH3 is 1. The first-order valence-corrected chi connectivity index (χ1v) is 9.83. The Morgan fingerprint density at radius 3 is 2.36 bits per heavy atom. The second-order valence-corrected chi connectivity index (χ2v) is 7.43. The molecule has 0 atom stereocenters. The molecule has 1 saturated heterocycles. The van der Waals surface area contributed by atoms with Crippen molar-refractivity contribution in [3.8, 4) is 5.75 Å². The van der Waals surface area contributed by atoms with E-state index in [0.717, 1.165) is 12.1 Å². The van der Waals surface area contributed by atoms with Gasteiger partial charge in [-0.05, 0) is 41.3 Å². The summed E-state index contributed by atoms with van der Waals surface area (Å²) < 4.78 is 44.9. The molecule has 1 heterocycles. The normalized spacial score (nSPS) is 15.8.